The van der Waals surface area contributed by atoms with Crippen LogP contribution in [-0.4, -0.2) is 44.3 Å². The quantitative estimate of drug-likeness (QED) is 0.460. The van der Waals surface area contributed by atoms with E-state index in [1.165, 1.54) is 50.0 Å². The molecule has 0 aromatic carbocycles. The van der Waals surface area contributed by atoms with Gasteiger partial charge < -0.3 is 33.8 Å². The molecule has 3 heteroatoms. The molecule has 0 atom stereocenters. The molecule has 1 aliphatic heterocycles. The van der Waals surface area contributed by atoms with Gasteiger partial charge in [0.15, 0.2) is 0 Å². The fourth-order valence-corrected chi connectivity index (χ4v) is 1.70. The summed E-state index contributed by atoms with van der Waals surface area (Å²) in [6, 6.07) is 0. The molecule has 1 heterocycles. The molecule has 0 bridgehead atoms. The van der Waals surface area contributed by atoms with Crippen molar-refractivity contribution in [2.45, 2.75) is 19.8 Å². The van der Waals surface area contributed by atoms with Gasteiger partial charge in [-0.1, -0.05) is 13.3 Å². The van der Waals surface area contributed by atoms with Gasteiger partial charge in [-0.2, -0.15) is 0 Å². The van der Waals surface area contributed by atoms with Crippen LogP contribution in [0.5, 0.6) is 0 Å². The highest BCUT2D eigenvalue weighted by Gasteiger charge is 2.22. The molecule has 2 nitrogen and oxygen atoms in total. The second-order valence-electron chi connectivity index (χ2n) is 3.89. The normalized spacial score (nSPS) is 21.5. The van der Waals surface area contributed by atoms with Crippen molar-refractivity contribution in [3.05, 3.63) is 0 Å². The van der Waals surface area contributed by atoms with Gasteiger partial charge in [0.2, 0.25) is 0 Å². The zero-order valence-electron chi connectivity index (χ0n) is 8.27. The lowest BCUT2D eigenvalue weighted by molar-refractivity contribution is -0.911. The predicted octanol–water partition coefficient (Wildman–Crippen LogP) is -2.16. The molecule has 1 N–H and O–H groups in total. The number of halogens is 1. The summed E-state index contributed by atoms with van der Waals surface area (Å²) >= 11 is 0. The standard InChI is InChI=1S/C9H21N2.HI/c1-3-4-7-11(2)8-5-10-6-9-11;/h10H,3-9H2,1-2H3;1H/q+1;/p-1. The van der Waals surface area contributed by atoms with Crippen LogP contribution in [0.1, 0.15) is 19.8 Å². The number of hydrogen-bond donors (Lipinski definition) is 1. The van der Waals surface area contributed by atoms with Crippen molar-refractivity contribution in [2.24, 2.45) is 0 Å². The Morgan fingerprint density at radius 1 is 1.25 bits per heavy atom. The van der Waals surface area contributed by atoms with Crippen LogP contribution in [0.3, 0.4) is 0 Å². The Bertz CT molecular complexity index is 111. The van der Waals surface area contributed by atoms with Crippen LogP contribution in [0.15, 0.2) is 0 Å². The predicted molar refractivity (Wildman–Crippen MR) is 48.6 cm³/mol. The summed E-state index contributed by atoms with van der Waals surface area (Å²) in [5.41, 5.74) is 0. The number of nitrogens with zero attached hydrogens (tertiary/aromatic N) is 1. The Hall–Kier alpha value is 0.650. The van der Waals surface area contributed by atoms with E-state index in [-0.39, 0.29) is 24.0 Å². The number of unbranched alkanes of at least 4 members (excludes halogenated alkanes) is 1. The third-order valence-corrected chi connectivity index (χ3v) is 2.71. The largest absolute Gasteiger partial charge is 1.00 e. The highest BCUT2D eigenvalue weighted by Crippen LogP contribution is 2.06. The molecule has 0 aromatic rings. The molecule has 1 aliphatic rings. The minimum absolute atomic E-state index is 0. The fraction of sp³-hybridized carbons (Fsp3) is 1.00. The average Bonchev–Trinajstić information content (AvgIpc) is 2.03. The molecule has 1 saturated heterocycles. The molecule has 1 rings (SSSR count). The molecule has 0 aromatic heterocycles. The van der Waals surface area contributed by atoms with Gasteiger partial charge in [-0.25, -0.2) is 0 Å². The molecule has 0 amide bonds. The van der Waals surface area contributed by atoms with E-state index < -0.39 is 0 Å². The summed E-state index contributed by atoms with van der Waals surface area (Å²) in [5.74, 6) is 0. The zero-order valence-corrected chi connectivity index (χ0v) is 10.4. The first-order valence-electron chi connectivity index (χ1n) is 4.81. The van der Waals surface area contributed by atoms with Crippen LogP contribution in [0.25, 0.3) is 0 Å². The van der Waals surface area contributed by atoms with Gasteiger partial charge in [0, 0.05) is 13.1 Å². The summed E-state index contributed by atoms with van der Waals surface area (Å²) < 4.78 is 1.29. The van der Waals surface area contributed by atoms with Crippen LogP contribution in [0.4, 0.5) is 0 Å². The summed E-state index contributed by atoms with van der Waals surface area (Å²) in [6.07, 6.45) is 2.72. The van der Waals surface area contributed by atoms with Gasteiger partial charge >= 0.3 is 0 Å². The molecule has 0 spiro atoms. The molecular formula is C9H21IN2. The Labute approximate surface area is 93.3 Å². The minimum atomic E-state index is 0. The lowest BCUT2D eigenvalue weighted by Gasteiger charge is -2.38. The second-order valence-corrected chi connectivity index (χ2v) is 3.89. The third kappa shape index (κ3) is 4.05. The van der Waals surface area contributed by atoms with Crippen molar-refractivity contribution in [1.29, 1.82) is 0 Å². The van der Waals surface area contributed by atoms with Crippen LogP contribution < -0.4 is 29.3 Å². The van der Waals surface area contributed by atoms with E-state index in [1.54, 1.807) is 0 Å². The number of piperazine rings is 1. The molecule has 1 fully saturated rings. The average molecular weight is 284 g/mol. The highest BCUT2D eigenvalue weighted by atomic mass is 127. The first-order valence-corrected chi connectivity index (χ1v) is 4.81. The smallest absolute Gasteiger partial charge is 0.0911 e. The first kappa shape index (κ1) is 12.7. The van der Waals surface area contributed by atoms with Gasteiger partial charge in [0.1, 0.15) is 0 Å². The van der Waals surface area contributed by atoms with Gasteiger partial charge in [0.25, 0.3) is 0 Å². The number of rotatable bonds is 3. The molecule has 0 saturated carbocycles. The topological polar surface area (TPSA) is 12.0 Å². The lowest BCUT2D eigenvalue weighted by Crippen LogP contribution is -3.00. The monoisotopic (exact) mass is 284 g/mol. The van der Waals surface area contributed by atoms with Gasteiger partial charge in [-0.3, -0.25) is 0 Å². The summed E-state index contributed by atoms with van der Waals surface area (Å²) in [5, 5.41) is 3.40. The summed E-state index contributed by atoms with van der Waals surface area (Å²) in [4.78, 5) is 0. The Morgan fingerprint density at radius 3 is 2.33 bits per heavy atom. The van der Waals surface area contributed by atoms with Crippen LogP contribution in [0, 0.1) is 0 Å². The van der Waals surface area contributed by atoms with E-state index in [4.69, 9.17) is 0 Å². The van der Waals surface area contributed by atoms with Crippen LogP contribution in [0.2, 0.25) is 0 Å². The molecular weight excluding hydrogens is 263 g/mol. The van der Waals surface area contributed by atoms with E-state index in [9.17, 15) is 0 Å². The van der Waals surface area contributed by atoms with E-state index in [0.717, 1.165) is 0 Å². The van der Waals surface area contributed by atoms with Crippen molar-refractivity contribution in [3.8, 4) is 0 Å². The number of nitrogens with one attached hydrogen (secondary N) is 1. The number of likely N-dealkylation sites (N-methyl/N-ethyl adjacent to an activating group) is 1. The Kier molecular flexibility index (Phi) is 6.49. The van der Waals surface area contributed by atoms with Crippen LogP contribution in [-0.2, 0) is 0 Å². The SMILES string of the molecule is CCCC[N+]1(C)CCNCC1.[I-]. The van der Waals surface area contributed by atoms with Crippen molar-refractivity contribution in [3.63, 3.8) is 0 Å². The molecule has 0 unspecified atom stereocenters. The molecule has 74 valence electrons. The maximum atomic E-state index is 3.40. The van der Waals surface area contributed by atoms with E-state index in [1.807, 2.05) is 0 Å². The summed E-state index contributed by atoms with van der Waals surface area (Å²) in [6.45, 7) is 8.70. The van der Waals surface area contributed by atoms with Gasteiger partial charge in [0.05, 0.1) is 26.7 Å². The van der Waals surface area contributed by atoms with Crippen molar-refractivity contribution >= 4 is 0 Å². The van der Waals surface area contributed by atoms with E-state index in [2.05, 4.69) is 19.3 Å². The maximum Gasteiger partial charge on any atom is 0.0911 e. The Balaban J connectivity index is 0.00000121. The first-order chi connectivity index (χ1) is 5.27. The van der Waals surface area contributed by atoms with Gasteiger partial charge in [-0.15, -0.1) is 0 Å². The second kappa shape index (κ2) is 6.16. The van der Waals surface area contributed by atoms with E-state index >= 15 is 0 Å². The lowest BCUT2D eigenvalue weighted by atomic mass is 10.2. The molecule has 0 aliphatic carbocycles. The fourth-order valence-electron chi connectivity index (χ4n) is 1.70. The third-order valence-electron chi connectivity index (χ3n) is 2.71. The molecule has 0 radical (unpaired) electrons. The van der Waals surface area contributed by atoms with Gasteiger partial charge in [-0.05, 0) is 6.42 Å². The highest BCUT2D eigenvalue weighted by molar-refractivity contribution is 4.54. The van der Waals surface area contributed by atoms with Crippen molar-refractivity contribution in [2.75, 3.05) is 39.8 Å². The number of hydrogen-bond acceptors (Lipinski definition) is 1. The van der Waals surface area contributed by atoms with Crippen LogP contribution >= 0.6 is 0 Å². The van der Waals surface area contributed by atoms with E-state index in [0.29, 0.717) is 0 Å². The molecule has 12 heavy (non-hydrogen) atoms. The Morgan fingerprint density at radius 2 is 1.83 bits per heavy atom. The minimum Gasteiger partial charge on any atom is -1.00 e. The van der Waals surface area contributed by atoms with Crippen molar-refractivity contribution in [1.82, 2.24) is 5.32 Å². The number of quaternary nitrogens is 1. The van der Waals surface area contributed by atoms with Crippen molar-refractivity contribution < 1.29 is 28.5 Å². The maximum absolute atomic E-state index is 3.40. The zero-order chi connectivity index (χ0) is 8.16. The summed E-state index contributed by atoms with van der Waals surface area (Å²) in [7, 11) is 2.39.